The number of anilines is 2. The molecule has 0 fully saturated rings. The van der Waals surface area contributed by atoms with Gasteiger partial charge in [-0.25, -0.2) is 4.98 Å². The zero-order valence-electron chi connectivity index (χ0n) is 16.1. The Kier molecular flexibility index (Phi) is 7.58. The van der Waals surface area contributed by atoms with Gasteiger partial charge in [0.15, 0.2) is 0 Å². The summed E-state index contributed by atoms with van der Waals surface area (Å²) in [7, 11) is -1.01. The van der Waals surface area contributed by atoms with Crippen molar-refractivity contribution in [3.05, 3.63) is 34.7 Å². The molecule has 0 aliphatic heterocycles. The van der Waals surface area contributed by atoms with Crippen LogP contribution < -0.4 is 20.8 Å². The van der Waals surface area contributed by atoms with E-state index in [9.17, 15) is 4.57 Å². The van der Waals surface area contributed by atoms with E-state index in [-0.39, 0.29) is 5.66 Å². The van der Waals surface area contributed by atoms with Crippen LogP contribution in [-0.4, -0.2) is 36.6 Å². The van der Waals surface area contributed by atoms with Gasteiger partial charge in [0.25, 0.3) is 0 Å². The zero-order chi connectivity index (χ0) is 19.2. The maximum Gasteiger partial charge on any atom is 0.222 e. The van der Waals surface area contributed by atoms with Crippen molar-refractivity contribution in [2.24, 2.45) is 0 Å². The lowest BCUT2D eigenvalue weighted by molar-refractivity contribution is 0.544. The summed E-state index contributed by atoms with van der Waals surface area (Å²) in [6, 6.07) is 3.99. The fourth-order valence-corrected chi connectivity index (χ4v) is 6.33. The highest BCUT2D eigenvalue weighted by molar-refractivity contribution is 7.60. The number of nitrogens with zero attached hydrogens (tertiary/aromatic N) is 2. The molecule has 7 nitrogen and oxygen atoms in total. The Morgan fingerprint density at radius 1 is 1.19 bits per heavy atom. The molecule has 1 atom stereocenters. The van der Waals surface area contributed by atoms with E-state index in [1.807, 2.05) is 46.9 Å². The van der Waals surface area contributed by atoms with Crippen LogP contribution in [0.2, 0.25) is 0 Å². The van der Waals surface area contributed by atoms with Crippen molar-refractivity contribution in [3.8, 4) is 0 Å². The number of aryl methyl sites for hydroxylation is 2. The molecule has 2 heterocycles. The zero-order valence-corrected chi connectivity index (χ0v) is 17.8. The third kappa shape index (κ3) is 5.04. The molecule has 26 heavy (non-hydrogen) atoms. The van der Waals surface area contributed by atoms with Gasteiger partial charge in [0.05, 0.1) is 17.6 Å². The minimum atomic E-state index is -2.87. The van der Waals surface area contributed by atoms with Gasteiger partial charge in [0, 0.05) is 19.3 Å². The Morgan fingerprint density at radius 3 is 2.42 bits per heavy atom. The van der Waals surface area contributed by atoms with Crippen LogP contribution in [0.15, 0.2) is 18.3 Å². The molecule has 2 aromatic heterocycles. The number of aromatic nitrogens is 2. The van der Waals surface area contributed by atoms with Crippen molar-refractivity contribution in [1.29, 1.82) is 0 Å². The van der Waals surface area contributed by atoms with E-state index >= 15 is 0 Å². The molecule has 0 bridgehead atoms. The molecule has 0 aliphatic carbocycles. The fraction of sp³-hybridized carbons (Fsp3) is 0.529. The van der Waals surface area contributed by atoms with Crippen molar-refractivity contribution in [2.45, 2.75) is 33.4 Å². The molecule has 0 radical (unpaired) electrons. The average molecular weight is 397 g/mol. The maximum atomic E-state index is 13.6. The van der Waals surface area contributed by atoms with Crippen LogP contribution in [0.4, 0.5) is 10.7 Å². The number of hydrogen-bond donors (Lipinski definition) is 4. The van der Waals surface area contributed by atoms with Gasteiger partial charge in [0.2, 0.25) is 7.44 Å². The molecule has 9 heteroatoms. The summed E-state index contributed by atoms with van der Waals surface area (Å²) in [5, 5.41) is 14.7. The second kappa shape index (κ2) is 9.46. The first kappa shape index (κ1) is 20.8. The highest BCUT2D eigenvalue weighted by atomic mass is 32.1. The van der Waals surface area contributed by atoms with Crippen molar-refractivity contribution in [3.63, 3.8) is 0 Å². The molecule has 0 saturated carbocycles. The van der Waals surface area contributed by atoms with Gasteiger partial charge in [0.1, 0.15) is 15.7 Å². The minimum Gasteiger partial charge on any atom is -0.382 e. The summed E-state index contributed by atoms with van der Waals surface area (Å²) in [5.41, 5.74) is 2.58. The third-order valence-electron chi connectivity index (χ3n) is 3.99. The molecule has 0 amide bonds. The topological polar surface area (TPSA) is 91.0 Å². The number of pyridine rings is 1. The second-order valence-corrected chi connectivity index (χ2v) is 9.61. The van der Waals surface area contributed by atoms with Crippen LogP contribution in [0.1, 0.15) is 35.9 Å². The quantitative estimate of drug-likeness (QED) is 0.455. The molecule has 0 saturated heterocycles. The number of thiazole rings is 1. The molecule has 2 aromatic rings. The van der Waals surface area contributed by atoms with Crippen molar-refractivity contribution >= 4 is 29.5 Å². The first-order valence-corrected chi connectivity index (χ1v) is 11.4. The van der Waals surface area contributed by atoms with Gasteiger partial charge in [-0.15, -0.1) is 11.3 Å². The Hall–Kier alpha value is -1.47. The van der Waals surface area contributed by atoms with Crippen LogP contribution in [0.25, 0.3) is 0 Å². The van der Waals surface area contributed by atoms with Gasteiger partial charge >= 0.3 is 0 Å². The molecule has 0 aliphatic rings. The molecular formula is C17H29N6OPS. The summed E-state index contributed by atoms with van der Waals surface area (Å²) in [6.45, 7) is 9.61. The van der Waals surface area contributed by atoms with Crippen LogP contribution in [0, 0.1) is 13.8 Å². The van der Waals surface area contributed by atoms with E-state index in [0.29, 0.717) is 19.6 Å². The molecular weight excluding hydrogens is 367 g/mol. The molecule has 4 N–H and O–H groups in total. The molecule has 144 valence electrons. The van der Waals surface area contributed by atoms with E-state index in [1.54, 1.807) is 6.20 Å². The van der Waals surface area contributed by atoms with Crippen LogP contribution >= 0.6 is 18.8 Å². The molecule has 0 spiro atoms. The summed E-state index contributed by atoms with van der Waals surface area (Å²) in [4.78, 5) is 9.01. The highest BCUT2D eigenvalue weighted by Crippen LogP contribution is 2.53. The van der Waals surface area contributed by atoms with Crippen molar-refractivity contribution < 1.29 is 4.57 Å². The summed E-state index contributed by atoms with van der Waals surface area (Å²) in [5.74, 6) is 0. The van der Waals surface area contributed by atoms with Crippen LogP contribution in [0.5, 0.6) is 0 Å². The second-order valence-electron chi connectivity index (χ2n) is 5.98. The Balaban J connectivity index is 2.31. The van der Waals surface area contributed by atoms with Gasteiger partial charge in [-0.1, -0.05) is 13.8 Å². The maximum absolute atomic E-state index is 13.6. The lowest BCUT2D eigenvalue weighted by Crippen LogP contribution is -2.29. The minimum absolute atomic E-state index is 0.282. The fourth-order valence-electron chi connectivity index (χ4n) is 2.75. The normalized spacial score (nSPS) is 12.8. The summed E-state index contributed by atoms with van der Waals surface area (Å²) < 4.78 is 13.6. The standard InChI is InChI=1S/C17H29N6OPS/c1-6-21-25(24,22-7-2)15(17-20-11-16(18-5)26-17)10-19-14-9-8-12(3)23-13(14)4/h8-9,11,15,18-19H,6-7,10H2,1-5H3,(H2,21,22,24). The van der Waals surface area contributed by atoms with Gasteiger partial charge in [-0.3, -0.25) is 19.7 Å². The smallest absolute Gasteiger partial charge is 0.222 e. The summed E-state index contributed by atoms with van der Waals surface area (Å²) in [6.07, 6.45) is 1.79. The number of rotatable bonds is 10. The SMILES string of the molecule is CCNP(=O)(NCC)C(CNc1ccc(C)nc1C)c1ncc(NC)s1. The first-order chi connectivity index (χ1) is 12.4. The van der Waals surface area contributed by atoms with Gasteiger partial charge < -0.3 is 10.6 Å². The Bertz CT molecular complexity index is 755. The van der Waals surface area contributed by atoms with Gasteiger partial charge in [-0.05, 0) is 39.1 Å². The monoisotopic (exact) mass is 396 g/mol. The average Bonchev–Trinajstić information content (AvgIpc) is 3.06. The van der Waals surface area contributed by atoms with E-state index in [1.165, 1.54) is 11.3 Å². The van der Waals surface area contributed by atoms with E-state index in [2.05, 4.69) is 30.8 Å². The Morgan fingerprint density at radius 2 is 1.88 bits per heavy atom. The van der Waals surface area contributed by atoms with Gasteiger partial charge in [-0.2, -0.15) is 0 Å². The first-order valence-electron chi connectivity index (χ1n) is 8.85. The lowest BCUT2D eigenvalue weighted by atomic mass is 10.2. The van der Waals surface area contributed by atoms with E-state index < -0.39 is 7.44 Å². The predicted octanol–water partition coefficient (Wildman–Crippen LogP) is 3.76. The number of hydrogen-bond acceptors (Lipinski definition) is 6. The van der Waals surface area contributed by atoms with Crippen LogP contribution in [0.3, 0.4) is 0 Å². The Labute approximate surface area is 159 Å². The lowest BCUT2D eigenvalue weighted by Gasteiger charge is -2.28. The van der Waals surface area contributed by atoms with Crippen LogP contribution in [-0.2, 0) is 4.57 Å². The highest BCUT2D eigenvalue weighted by Gasteiger charge is 2.35. The third-order valence-corrected chi connectivity index (χ3v) is 8.17. The van der Waals surface area contributed by atoms with E-state index in [4.69, 9.17) is 0 Å². The largest absolute Gasteiger partial charge is 0.382 e. The van der Waals surface area contributed by atoms with Crippen molar-refractivity contribution in [1.82, 2.24) is 20.1 Å². The number of nitrogens with one attached hydrogen (secondary N) is 4. The molecule has 1 unspecified atom stereocenters. The van der Waals surface area contributed by atoms with Crippen molar-refractivity contribution in [2.75, 3.05) is 37.3 Å². The molecule has 2 rings (SSSR count). The van der Waals surface area contributed by atoms with E-state index in [0.717, 1.165) is 27.1 Å². The summed E-state index contributed by atoms with van der Waals surface area (Å²) >= 11 is 1.53. The predicted molar refractivity (Wildman–Crippen MR) is 112 cm³/mol. The molecule has 0 aromatic carbocycles.